The number of nitrogens with one attached hydrogen (secondary N) is 1. The Morgan fingerprint density at radius 3 is 2.96 bits per heavy atom. The van der Waals surface area contributed by atoms with E-state index in [1.165, 1.54) is 5.56 Å². The number of amides is 1. The molecule has 1 atom stereocenters. The smallest absolute Gasteiger partial charge is 0.270 e. The third-order valence-corrected chi connectivity index (χ3v) is 4.95. The number of fused-ring (bicyclic) bond motifs is 1. The summed E-state index contributed by atoms with van der Waals surface area (Å²) >= 11 is 0. The fourth-order valence-corrected chi connectivity index (χ4v) is 3.68. The summed E-state index contributed by atoms with van der Waals surface area (Å²) in [5.74, 6) is 1.10. The van der Waals surface area contributed by atoms with Gasteiger partial charge in [-0.05, 0) is 44.9 Å². The standard InChI is InChI=1S/C19H22N4O/c1-13-5-6-17-15(10-13)11-18(21-17)19(24)22-8-3-4-16(12-22)23-9-7-20-14(23)2/h5-7,9-11,16,21H,3-4,8,12H2,1-2H3/t16-/m0/s1. The Hall–Kier alpha value is -2.56. The summed E-state index contributed by atoms with van der Waals surface area (Å²) in [5, 5.41) is 1.09. The lowest BCUT2D eigenvalue weighted by Gasteiger charge is -2.33. The summed E-state index contributed by atoms with van der Waals surface area (Å²) in [5.41, 5.74) is 2.90. The molecular weight excluding hydrogens is 300 g/mol. The number of carbonyl (C=O) groups excluding carboxylic acids is 1. The van der Waals surface area contributed by atoms with E-state index in [0.717, 1.165) is 42.7 Å². The third-order valence-electron chi connectivity index (χ3n) is 4.95. The summed E-state index contributed by atoms with van der Waals surface area (Å²) in [6, 6.07) is 8.49. The molecule has 124 valence electrons. The molecular formula is C19H22N4O. The maximum absolute atomic E-state index is 12.9. The maximum Gasteiger partial charge on any atom is 0.270 e. The van der Waals surface area contributed by atoms with Crippen LogP contribution in [0.25, 0.3) is 10.9 Å². The molecule has 1 aromatic carbocycles. The van der Waals surface area contributed by atoms with Gasteiger partial charge in [0.05, 0.1) is 6.04 Å². The van der Waals surface area contributed by atoms with E-state index in [-0.39, 0.29) is 5.91 Å². The highest BCUT2D eigenvalue weighted by Crippen LogP contribution is 2.25. The first-order valence-electron chi connectivity index (χ1n) is 8.50. The van der Waals surface area contributed by atoms with Gasteiger partial charge in [0, 0.05) is 36.4 Å². The van der Waals surface area contributed by atoms with Crippen LogP contribution in [0.15, 0.2) is 36.7 Å². The van der Waals surface area contributed by atoms with Crippen molar-refractivity contribution in [1.82, 2.24) is 19.4 Å². The van der Waals surface area contributed by atoms with Crippen LogP contribution in [0.5, 0.6) is 0 Å². The van der Waals surface area contributed by atoms with E-state index >= 15 is 0 Å². The van der Waals surface area contributed by atoms with Gasteiger partial charge in [-0.15, -0.1) is 0 Å². The summed E-state index contributed by atoms with van der Waals surface area (Å²) in [6.07, 6.45) is 5.95. The van der Waals surface area contributed by atoms with Gasteiger partial charge in [-0.2, -0.15) is 0 Å². The van der Waals surface area contributed by atoms with Crippen LogP contribution in [-0.2, 0) is 0 Å². The molecule has 0 radical (unpaired) electrons. The number of likely N-dealkylation sites (tertiary alicyclic amines) is 1. The molecule has 5 nitrogen and oxygen atoms in total. The summed E-state index contributed by atoms with van der Waals surface area (Å²) in [4.78, 5) is 22.5. The molecule has 2 aromatic heterocycles. The van der Waals surface area contributed by atoms with Gasteiger partial charge in [0.2, 0.25) is 0 Å². The average molecular weight is 322 g/mol. The Balaban J connectivity index is 1.57. The fraction of sp³-hybridized carbons (Fsp3) is 0.368. The van der Waals surface area contributed by atoms with Crippen LogP contribution in [0.2, 0.25) is 0 Å². The predicted molar refractivity (Wildman–Crippen MR) is 94.2 cm³/mol. The zero-order chi connectivity index (χ0) is 16.7. The molecule has 5 heteroatoms. The largest absolute Gasteiger partial charge is 0.351 e. The Morgan fingerprint density at radius 2 is 2.17 bits per heavy atom. The molecule has 24 heavy (non-hydrogen) atoms. The van der Waals surface area contributed by atoms with Gasteiger partial charge in [-0.3, -0.25) is 4.79 Å². The van der Waals surface area contributed by atoms with Crippen LogP contribution >= 0.6 is 0 Å². The van der Waals surface area contributed by atoms with E-state index in [2.05, 4.69) is 33.6 Å². The van der Waals surface area contributed by atoms with Crippen LogP contribution in [-0.4, -0.2) is 38.4 Å². The lowest BCUT2D eigenvalue weighted by atomic mass is 10.0. The van der Waals surface area contributed by atoms with Gasteiger partial charge in [0.25, 0.3) is 5.91 Å². The SMILES string of the molecule is Cc1ccc2[nH]c(C(=O)N3CCC[C@H](n4ccnc4C)C3)cc2c1. The number of nitrogens with zero attached hydrogens (tertiary/aromatic N) is 3. The van der Waals surface area contributed by atoms with Gasteiger partial charge >= 0.3 is 0 Å². The van der Waals surface area contributed by atoms with Crippen molar-refractivity contribution in [3.05, 3.63) is 53.7 Å². The summed E-state index contributed by atoms with van der Waals surface area (Å²) < 4.78 is 2.19. The van der Waals surface area contributed by atoms with Crippen molar-refractivity contribution < 1.29 is 4.79 Å². The number of carbonyl (C=O) groups is 1. The van der Waals surface area contributed by atoms with Crippen molar-refractivity contribution in [3.63, 3.8) is 0 Å². The molecule has 0 aliphatic carbocycles. The molecule has 1 N–H and O–H groups in total. The Bertz CT molecular complexity index is 892. The second-order valence-electron chi connectivity index (χ2n) is 6.70. The number of hydrogen-bond donors (Lipinski definition) is 1. The highest BCUT2D eigenvalue weighted by atomic mass is 16.2. The molecule has 0 spiro atoms. The normalized spacial score (nSPS) is 18.2. The van der Waals surface area contributed by atoms with Crippen molar-refractivity contribution >= 4 is 16.8 Å². The number of piperidine rings is 1. The molecule has 1 aliphatic rings. The maximum atomic E-state index is 12.9. The van der Waals surface area contributed by atoms with Gasteiger partial charge < -0.3 is 14.5 Å². The monoisotopic (exact) mass is 322 g/mol. The highest BCUT2D eigenvalue weighted by molar-refractivity contribution is 5.98. The minimum atomic E-state index is 0.0892. The number of H-pyrrole nitrogens is 1. The molecule has 4 rings (SSSR count). The molecule has 1 aliphatic heterocycles. The van der Waals surface area contributed by atoms with Crippen molar-refractivity contribution in [2.75, 3.05) is 13.1 Å². The van der Waals surface area contributed by atoms with E-state index in [9.17, 15) is 4.79 Å². The van der Waals surface area contributed by atoms with E-state index in [1.807, 2.05) is 36.4 Å². The Labute approximate surface area is 141 Å². The summed E-state index contributed by atoms with van der Waals surface area (Å²) in [6.45, 7) is 5.64. The topological polar surface area (TPSA) is 53.9 Å². The quantitative estimate of drug-likeness (QED) is 0.785. The Kier molecular flexibility index (Phi) is 3.63. The van der Waals surface area contributed by atoms with Crippen LogP contribution in [0.4, 0.5) is 0 Å². The van der Waals surface area contributed by atoms with Crippen LogP contribution in [0.3, 0.4) is 0 Å². The molecule has 0 saturated carbocycles. The van der Waals surface area contributed by atoms with E-state index in [4.69, 9.17) is 0 Å². The third kappa shape index (κ3) is 2.60. The highest BCUT2D eigenvalue weighted by Gasteiger charge is 2.26. The second kappa shape index (κ2) is 5.82. The van der Waals surface area contributed by atoms with Crippen LogP contribution < -0.4 is 0 Å². The molecule has 1 fully saturated rings. The van der Waals surface area contributed by atoms with Crippen LogP contribution in [0, 0.1) is 13.8 Å². The van der Waals surface area contributed by atoms with Crippen LogP contribution in [0.1, 0.15) is 40.8 Å². The number of aromatic amines is 1. The minimum Gasteiger partial charge on any atom is -0.351 e. The Morgan fingerprint density at radius 1 is 1.29 bits per heavy atom. The number of rotatable bonds is 2. The first-order valence-corrected chi connectivity index (χ1v) is 8.50. The van der Waals surface area contributed by atoms with Gasteiger partial charge in [-0.25, -0.2) is 4.98 Å². The fourth-order valence-electron chi connectivity index (χ4n) is 3.68. The number of imidazole rings is 1. The molecule has 1 amide bonds. The minimum absolute atomic E-state index is 0.0892. The predicted octanol–water partition coefficient (Wildman–Crippen LogP) is 3.46. The first-order chi connectivity index (χ1) is 11.6. The molecule has 1 saturated heterocycles. The van der Waals surface area contributed by atoms with E-state index in [0.29, 0.717) is 11.7 Å². The van der Waals surface area contributed by atoms with E-state index < -0.39 is 0 Å². The zero-order valence-corrected chi connectivity index (χ0v) is 14.1. The van der Waals surface area contributed by atoms with Crippen molar-refractivity contribution in [1.29, 1.82) is 0 Å². The molecule has 0 unspecified atom stereocenters. The number of aryl methyl sites for hydroxylation is 2. The van der Waals surface area contributed by atoms with Crippen molar-refractivity contribution in [2.24, 2.45) is 0 Å². The number of aromatic nitrogens is 3. The van der Waals surface area contributed by atoms with Crippen molar-refractivity contribution in [3.8, 4) is 0 Å². The summed E-state index contributed by atoms with van der Waals surface area (Å²) in [7, 11) is 0. The van der Waals surface area contributed by atoms with Gasteiger partial charge in [-0.1, -0.05) is 11.6 Å². The van der Waals surface area contributed by atoms with Crippen molar-refractivity contribution in [2.45, 2.75) is 32.7 Å². The lowest BCUT2D eigenvalue weighted by Crippen LogP contribution is -2.41. The number of benzene rings is 1. The molecule has 3 aromatic rings. The lowest BCUT2D eigenvalue weighted by molar-refractivity contribution is 0.0673. The number of hydrogen-bond acceptors (Lipinski definition) is 2. The molecule has 0 bridgehead atoms. The average Bonchev–Trinajstić information content (AvgIpc) is 3.20. The molecule has 3 heterocycles. The second-order valence-corrected chi connectivity index (χ2v) is 6.70. The van der Waals surface area contributed by atoms with E-state index in [1.54, 1.807) is 0 Å². The first kappa shape index (κ1) is 15.0. The zero-order valence-electron chi connectivity index (χ0n) is 14.1. The van der Waals surface area contributed by atoms with Gasteiger partial charge in [0.1, 0.15) is 11.5 Å². The van der Waals surface area contributed by atoms with Gasteiger partial charge in [0.15, 0.2) is 0 Å².